The smallest absolute Gasteiger partial charge is 0.292 e. The van der Waals surface area contributed by atoms with Crippen LogP contribution in [-0.4, -0.2) is 55.4 Å². The summed E-state index contributed by atoms with van der Waals surface area (Å²) in [6.45, 7) is 2.76. The highest BCUT2D eigenvalue weighted by Crippen LogP contribution is 2.29. The number of morpholine rings is 1. The van der Waals surface area contributed by atoms with Gasteiger partial charge in [-0.3, -0.25) is 4.79 Å². The van der Waals surface area contributed by atoms with Gasteiger partial charge in [0, 0.05) is 35.5 Å². The first-order chi connectivity index (χ1) is 16.0. The van der Waals surface area contributed by atoms with E-state index < -0.39 is 6.23 Å². The number of aromatic nitrogens is 4. The summed E-state index contributed by atoms with van der Waals surface area (Å²) in [4.78, 5) is 23.4. The van der Waals surface area contributed by atoms with Crippen LogP contribution in [0.3, 0.4) is 0 Å². The number of amides is 1. The van der Waals surface area contributed by atoms with Gasteiger partial charge in [-0.2, -0.15) is 5.10 Å². The van der Waals surface area contributed by atoms with Crippen LogP contribution in [-0.2, 0) is 4.74 Å². The normalized spacial score (nSPS) is 17.3. The van der Waals surface area contributed by atoms with Gasteiger partial charge < -0.3 is 14.7 Å². The lowest BCUT2D eigenvalue weighted by Crippen LogP contribution is -2.44. The van der Waals surface area contributed by atoms with Gasteiger partial charge in [-0.05, 0) is 24.6 Å². The number of hydrogen-bond acceptors (Lipinski definition) is 6. The van der Waals surface area contributed by atoms with Crippen LogP contribution in [0.5, 0.6) is 0 Å². The van der Waals surface area contributed by atoms with E-state index in [9.17, 15) is 14.3 Å². The third-order valence-corrected chi connectivity index (χ3v) is 5.78. The van der Waals surface area contributed by atoms with Crippen molar-refractivity contribution in [2.75, 3.05) is 19.8 Å². The van der Waals surface area contributed by atoms with Crippen LogP contribution in [0.4, 0.5) is 4.39 Å². The molecule has 2 aromatic heterocycles. The van der Waals surface area contributed by atoms with Crippen LogP contribution < -0.4 is 0 Å². The molecule has 9 heteroatoms. The van der Waals surface area contributed by atoms with E-state index in [0.717, 1.165) is 16.5 Å². The van der Waals surface area contributed by atoms with Crippen molar-refractivity contribution in [3.63, 3.8) is 0 Å². The SMILES string of the molecule is CC(O)n1ncc2ccc(C3COCCN3C(=O)c3ncc(-c4ccccc4F)cn3)cc21. The number of carbonyl (C=O) groups is 1. The number of aliphatic hydroxyl groups excluding tert-OH is 1. The number of hydrogen-bond donors (Lipinski definition) is 1. The Morgan fingerprint density at radius 1 is 1.18 bits per heavy atom. The molecule has 1 aliphatic heterocycles. The van der Waals surface area contributed by atoms with Crippen LogP contribution in [0.15, 0.2) is 61.1 Å². The lowest BCUT2D eigenvalue weighted by Gasteiger charge is -2.35. The molecule has 0 radical (unpaired) electrons. The summed E-state index contributed by atoms with van der Waals surface area (Å²) in [5.74, 6) is -0.662. The highest BCUT2D eigenvalue weighted by Gasteiger charge is 2.31. The standard InChI is InChI=1S/C24H22FN5O3/c1-15(31)30-21-10-16(6-7-17(21)13-28-30)22-14-33-9-8-29(22)24(32)23-26-11-18(12-27-23)19-4-2-3-5-20(19)25/h2-7,10-13,15,22,31H,8-9,14H2,1H3. The predicted molar refractivity (Wildman–Crippen MR) is 119 cm³/mol. The Hall–Kier alpha value is -3.69. The molecule has 2 atom stereocenters. The number of aliphatic hydroxyl groups is 1. The molecule has 8 nitrogen and oxygen atoms in total. The number of ether oxygens (including phenoxy) is 1. The Morgan fingerprint density at radius 3 is 2.73 bits per heavy atom. The van der Waals surface area contributed by atoms with E-state index in [-0.39, 0.29) is 23.6 Å². The fourth-order valence-corrected chi connectivity index (χ4v) is 4.08. The Balaban J connectivity index is 1.44. The van der Waals surface area contributed by atoms with Crippen molar-refractivity contribution in [3.8, 4) is 11.1 Å². The number of benzene rings is 2. The van der Waals surface area contributed by atoms with Gasteiger partial charge in [0.15, 0.2) is 0 Å². The maximum Gasteiger partial charge on any atom is 0.292 e. The van der Waals surface area contributed by atoms with Gasteiger partial charge in [0.2, 0.25) is 5.82 Å². The Labute approximate surface area is 189 Å². The number of carbonyl (C=O) groups excluding carboxylic acids is 1. The molecule has 1 fully saturated rings. The fraction of sp³-hybridized carbons (Fsp3) is 0.250. The zero-order chi connectivity index (χ0) is 22.9. The first kappa shape index (κ1) is 21.2. The molecule has 0 aliphatic carbocycles. The highest BCUT2D eigenvalue weighted by molar-refractivity contribution is 5.91. The molecule has 1 amide bonds. The minimum absolute atomic E-state index is 0.0390. The second kappa shape index (κ2) is 8.68. The molecule has 3 heterocycles. The predicted octanol–water partition coefficient (Wildman–Crippen LogP) is 3.36. The molecular formula is C24H22FN5O3. The topological polar surface area (TPSA) is 93.4 Å². The van der Waals surface area contributed by atoms with Crippen molar-refractivity contribution in [2.24, 2.45) is 0 Å². The van der Waals surface area contributed by atoms with E-state index in [2.05, 4.69) is 15.1 Å². The van der Waals surface area contributed by atoms with Crippen LogP contribution in [0.25, 0.3) is 22.0 Å². The van der Waals surface area contributed by atoms with Gasteiger partial charge in [-0.1, -0.05) is 30.3 Å². The highest BCUT2D eigenvalue weighted by atomic mass is 19.1. The Kier molecular flexibility index (Phi) is 5.57. The van der Waals surface area contributed by atoms with Gasteiger partial charge in [0.05, 0.1) is 31.0 Å². The fourth-order valence-electron chi connectivity index (χ4n) is 4.08. The van der Waals surface area contributed by atoms with Crippen LogP contribution in [0.2, 0.25) is 0 Å². The second-order valence-electron chi connectivity index (χ2n) is 7.90. The lowest BCUT2D eigenvalue weighted by molar-refractivity contribution is -0.00333. The molecule has 1 N–H and O–H groups in total. The van der Waals surface area contributed by atoms with Crippen LogP contribution in [0, 0.1) is 5.82 Å². The molecular weight excluding hydrogens is 425 g/mol. The van der Waals surface area contributed by atoms with E-state index in [1.54, 1.807) is 36.2 Å². The van der Waals surface area contributed by atoms with E-state index in [4.69, 9.17) is 4.74 Å². The van der Waals surface area contributed by atoms with Gasteiger partial charge in [-0.15, -0.1) is 0 Å². The summed E-state index contributed by atoms with van der Waals surface area (Å²) in [7, 11) is 0. The number of nitrogens with zero attached hydrogens (tertiary/aromatic N) is 5. The number of rotatable bonds is 4. The number of halogens is 1. The summed E-state index contributed by atoms with van der Waals surface area (Å²) in [6, 6.07) is 11.8. The molecule has 5 rings (SSSR count). The average molecular weight is 447 g/mol. The first-order valence-corrected chi connectivity index (χ1v) is 10.6. The molecule has 0 spiro atoms. The third kappa shape index (κ3) is 3.96. The van der Waals surface area contributed by atoms with Crippen molar-refractivity contribution in [1.29, 1.82) is 0 Å². The van der Waals surface area contributed by atoms with E-state index in [1.807, 2.05) is 18.2 Å². The maximum absolute atomic E-state index is 14.1. The summed E-state index contributed by atoms with van der Waals surface area (Å²) in [6.07, 6.45) is 3.83. The monoisotopic (exact) mass is 447 g/mol. The molecule has 2 aromatic carbocycles. The average Bonchev–Trinajstić information content (AvgIpc) is 3.28. The van der Waals surface area contributed by atoms with Gasteiger partial charge in [0.1, 0.15) is 12.0 Å². The summed E-state index contributed by atoms with van der Waals surface area (Å²) < 4.78 is 21.3. The summed E-state index contributed by atoms with van der Waals surface area (Å²) in [5.41, 5.74) is 2.51. The Morgan fingerprint density at radius 2 is 1.97 bits per heavy atom. The largest absolute Gasteiger partial charge is 0.377 e. The van der Waals surface area contributed by atoms with Crippen molar-refractivity contribution in [1.82, 2.24) is 24.6 Å². The van der Waals surface area contributed by atoms with Crippen molar-refractivity contribution >= 4 is 16.8 Å². The molecule has 1 aliphatic rings. The van der Waals surface area contributed by atoms with Crippen LogP contribution in [0.1, 0.15) is 35.4 Å². The van der Waals surface area contributed by atoms with Crippen molar-refractivity contribution < 1.29 is 19.0 Å². The number of fused-ring (bicyclic) bond motifs is 1. The Bertz CT molecular complexity index is 1310. The van der Waals surface area contributed by atoms with E-state index >= 15 is 0 Å². The quantitative estimate of drug-likeness (QED) is 0.516. The first-order valence-electron chi connectivity index (χ1n) is 10.6. The summed E-state index contributed by atoms with van der Waals surface area (Å²) >= 11 is 0. The zero-order valence-corrected chi connectivity index (χ0v) is 17.9. The molecule has 1 saturated heterocycles. The van der Waals surface area contributed by atoms with E-state index in [1.165, 1.54) is 23.1 Å². The minimum Gasteiger partial charge on any atom is -0.377 e. The minimum atomic E-state index is -0.778. The molecule has 168 valence electrons. The van der Waals surface area contributed by atoms with Gasteiger partial charge in [0.25, 0.3) is 5.91 Å². The maximum atomic E-state index is 14.1. The van der Waals surface area contributed by atoms with Gasteiger partial charge in [-0.25, -0.2) is 19.0 Å². The second-order valence-corrected chi connectivity index (χ2v) is 7.90. The molecule has 0 saturated carbocycles. The molecule has 0 bridgehead atoms. The molecule has 4 aromatic rings. The summed E-state index contributed by atoms with van der Waals surface area (Å²) in [5, 5.41) is 15.1. The van der Waals surface area contributed by atoms with Gasteiger partial charge >= 0.3 is 0 Å². The van der Waals surface area contributed by atoms with Crippen molar-refractivity contribution in [2.45, 2.75) is 19.2 Å². The molecule has 2 unspecified atom stereocenters. The van der Waals surface area contributed by atoms with E-state index in [0.29, 0.717) is 30.9 Å². The molecule has 33 heavy (non-hydrogen) atoms. The van der Waals surface area contributed by atoms with Crippen molar-refractivity contribution in [3.05, 3.63) is 78.3 Å². The lowest BCUT2D eigenvalue weighted by atomic mass is 10.0. The third-order valence-electron chi connectivity index (χ3n) is 5.78. The zero-order valence-electron chi connectivity index (χ0n) is 17.9. The van der Waals surface area contributed by atoms with Crippen LogP contribution >= 0.6 is 0 Å².